The van der Waals surface area contributed by atoms with Gasteiger partial charge in [0.2, 0.25) is 0 Å². The smallest absolute Gasteiger partial charge is 0.162 e. The van der Waals surface area contributed by atoms with E-state index in [1.165, 1.54) is 0 Å². The van der Waals surface area contributed by atoms with Crippen LogP contribution in [-0.4, -0.2) is 24.5 Å². The van der Waals surface area contributed by atoms with Gasteiger partial charge in [-0.1, -0.05) is 41.4 Å². The molecule has 0 bridgehead atoms. The summed E-state index contributed by atoms with van der Waals surface area (Å²) in [7, 11) is 1.64. The van der Waals surface area contributed by atoms with Crippen LogP contribution in [0.1, 0.15) is 42.2 Å². The number of para-hydroxylation sites is 1. The molecule has 0 saturated carbocycles. The average Bonchev–Trinajstić information content (AvgIpc) is 2.80. The van der Waals surface area contributed by atoms with E-state index < -0.39 is 6.17 Å². The zero-order chi connectivity index (χ0) is 22.7. The Kier molecular flexibility index (Phi) is 6.89. The fraction of sp³-hybridized carbons (Fsp3) is 0.240. The van der Waals surface area contributed by atoms with Crippen LogP contribution in [0.3, 0.4) is 0 Å². The van der Waals surface area contributed by atoms with Crippen LogP contribution >= 0.6 is 23.2 Å². The van der Waals surface area contributed by atoms with Crippen molar-refractivity contribution in [1.29, 1.82) is 0 Å². The topological polar surface area (TPSA) is 63.1 Å². The molecule has 166 valence electrons. The molecular weight excluding hydrogens is 447 g/mol. The molecule has 3 aromatic rings. The summed E-state index contributed by atoms with van der Waals surface area (Å²) >= 11 is 12.6. The Labute approximate surface area is 197 Å². The average molecular weight is 471 g/mol. The van der Waals surface area contributed by atoms with Crippen LogP contribution in [0.2, 0.25) is 10.0 Å². The van der Waals surface area contributed by atoms with Crippen LogP contribution in [0.15, 0.2) is 65.7 Å². The maximum Gasteiger partial charge on any atom is 0.162 e. The fourth-order valence-corrected chi connectivity index (χ4v) is 4.35. The van der Waals surface area contributed by atoms with Crippen LogP contribution in [0.4, 0.5) is 0 Å². The minimum Gasteiger partial charge on any atom is -0.504 e. The highest BCUT2D eigenvalue weighted by Crippen LogP contribution is 2.40. The maximum atomic E-state index is 10.9. The van der Waals surface area contributed by atoms with E-state index in [-0.39, 0.29) is 11.8 Å². The number of phenolic OH excluding ortho intramolecular Hbond substituents is 1. The highest BCUT2D eigenvalue weighted by atomic mass is 35.5. The van der Waals surface area contributed by atoms with Gasteiger partial charge in [0.15, 0.2) is 11.5 Å². The van der Waals surface area contributed by atoms with Gasteiger partial charge in [-0.3, -0.25) is 10.3 Å². The predicted octanol–water partition coefficient (Wildman–Crippen LogP) is 6.33. The standard InChI is InChI=1S/C25H24Cl2N2O3/c1-3-32-23-6-4-5-19(24(23)30)22-14-21(15-7-10-17(31-2)11-8-15)28-25(29-22)18-12-9-16(26)13-20(18)27/h4-13,22,25,29-30H,3,14H2,1-2H3/t22-,25-/m1/s1. The van der Waals surface area contributed by atoms with Crippen LogP contribution in [-0.2, 0) is 0 Å². The molecule has 2 N–H and O–H groups in total. The Morgan fingerprint density at radius 2 is 1.84 bits per heavy atom. The van der Waals surface area contributed by atoms with Crippen molar-refractivity contribution >= 4 is 28.9 Å². The van der Waals surface area contributed by atoms with Crippen LogP contribution in [0, 0.1) is 0 Å². The molecule has 0 aromatic heterocycles. The number of rotatable bonds is 6. The van der Waals surface area contributed by atoms with Crippen molar-refractivity contribution in [2.45, 2.75) is 25.6 Å². The second-order valence-electron chi connectivity index (χ2n) is 7.42. The number of hydrogen-bond donors (Lipinski definition) is 2. The van der Waals surface area contributed by atoms with Gasteiger partial charge in [-0.2, -0.15) is 0 Å². The van der Waals surface area contributed by atoms with Crippen molar-refractivity contribution in [3.05, 3.63) is 87.4 Å². The van der Waals surface area contributed by atoms with E-state index in [0.717, 1.165) is 28.2 Å². The first-order chi connectivity index (χ1) is 15.5. The van der Waals surface area contributed by atoms with Crippen molar-refractivity contribution in [1.82, 2.24) is 5.32 Å². The Balaban J connectivity index is 1.77. The molecule has 3 aromatic carbocycles. The molecule has 0 amide bonds. The van der Waals surface area contributed by atoms with Gasteiger partial charge in [0.05, 0.1) is 13.7 Å². The van der Waals surface area contributed by atoms with E-state index in [1.54, 1.807) is 25.3 Å². The summed E-state index contributed by atoms with van der Waals surface area (Å²) in [5.74, 6) is 1.37. The number of aliphatic imine (C=N–C) groups is 1. The van der Waals surface area contributed by atoms with Gasteiger partial charge in [0.25, 0.3) is 0 Å². The first-order valence-corrected chi connectivity index (χ1v) is 11.1. The lowest BCUT2D eigenvalue weighted by Crippen LogP contribution is -2.33. The third-order valence-electron chi connectivity index (χ3n) is 5.43. The van der Waals surface area contributed by atoms with Gasteiger partial charge in [0, 0.05) is 39.3 Å². The second kappa shape index (κ2) is 9.82. The number of phenols is 1. The molecule has 0 unspecified atom stereocenters. The number of halogens is 2. The van der Waals surface area contributed by atoms with Crippen LogP contribution in [0.5, 0.6) is 17.2 Å². The van der Waals surface area contributed by atoms with Crippen LogP contribution < -0.4 is 14.8 Å². The number of nitrogens with zero attached hydrogens (tertiary/aromatic N) is 1. The van der Waals surface area contributed by atoms with Gasteiger partial charge >= 0.3 is 0 Å². The fourth-order valence-electron chi connectivity index (χ4n) is 3.84. The third-order valence-corrected chi connectivity index (χ3v) is 5.99. The lowest BCUT2D eigenvalue weighted by molar-refractivity contribution is 0.313. The highest BCUT2D eigenvalue weighted by molar-refractivity contribution is 6.35. The van der Waals surface area contributed by atoms with E-state index in [1.807, 2.05) is 49.4 Å². The summed E-state index contributed by atoms with van der Waals surface area (Å²) in [6, 6.07) is 18.5. The van der Waals surface area contributed by atoms with Gasteiger partial charge in [-0.15, -0.1) is 0 Å². The monoisotopic (exact) mass is 470 g/mol. The number of benzene rings is 3. The molecule has 7 heteroatoms. The number of methoxy groups -OCH3 is 1. The summed E-state index contributed by atoms with van der Waals surface area (Å²) in [4.78, 5) is 4.96. The van der Waals surface area contributed by atoms with Crippen molar-refractivity contribution in [2.75, 3.05) is 13.7 Å². The van der Waals surface area contributed by atoms with E-state index in [2.05, 4.69) is 5.32 Å². The summed E-state index contributed by atoms with van der Waals surface area (Å²) in [5.41, 5.74) is 3.43. The Bertz CT molecular complexity index is 1130. The summed E-state index contributed by atoms with van der Waals surface area (Å²) in [6.07, 6.45) is 0.169. The van der Waals surface area contributed by atoms with Gasteiger partial charge in [-0.05, 0) is 55.0 Å². The molecule has 0 spiro atoms. The van der Waals surface area contributed by atoms with E-state index in [9.17, 15) is 5.11 Å². The Morgan fingerprint density at radius 1 is 1.06 bits per heavy atom. The normalized spacial score (nSPS) is 18.2. The minimum absolute atomic E-state index is 0.129. The highest BCUT2D eigenvalue weighted by Gasteiger charge is 2.29. The molecule has 0 saturated heterocycles. The predicted molar refractivity (Wildman–Crippen MR) is 129 cm³/mol. The molecule has 32 heavy (non-hydrogen) atoms. The quantitative estimate of drug-likeness (QED) is 0.441. The molecule has 1 aliphatic heterocycles. The number of nitrogens with one attached hydrogen (secondary N) is 1. The maximum absolute atomic E-state index is 10.9. The molecule has 1 aliphatic rings. The summed E-state index contributed by atoms with van der Waals surface area (Å²) in [6.45, 7) is 2.36. The summed E-state index contributed by atoms with van der Waals surface area (Å²) < 4.78 is 10.9. The molecule has 2 atom stereocenters. The van der Waals surface area contributed by atoms with E-state index in [4.69, 9.17) is 37.7 Å². The van der Waals surface area contributed by atoms with Crippen molar-refractivity contribution in [3.63, 3.8) is 0 Å². The largest absolute Gasteiger partial charge is 0.504 e. The van der Waals surface area contributed by atoms with Gasteiger partial charge in [-0.25, -0.2) is 0 Å². The van der Waals surface area contributed by atoms with Gasteiger partial charge < -0.3 is 14.6 Å². The Hall–Kier alpha value is -2.73. The first-order valence-electron chi connectivity index (χ1n) is 10.4. The molecule has 0 radical (unpaired) electrons. The Morgan fingerprint density at radius 3 is 2.53 bits per heavy atom. The van der Waals surface area contributed by atoms with Crippen molar-refractivity contribution < 1.29 is 14.6 Å². The molecular formula is C25H24Cl2N2O3. The third kappa shape index (κ3) is 4.70. The molecule has 0 fully saturated rings. The second-order valence-corrected chi connectivity index (χ2v) is 8.27. The van der Waals surface area contributed by atoms with E-state index >= 15 is 0 Å². The first kappa shape index (κ1) is 22.5. The minimum atomic E-state index is -0.411. The lowest BCUT2D eigenvalue weighted by atomic mass is 9.93. The molecule has 0 aliphatic carbocycles. The number of aromatic hydroxyl groups is 1. The van der Waals surface area contributed by atoms with E-state index in [0.29, 0.717) is 28.8 Å². The van der Waals surface area contributed by atoms with Crippen molar-refractivity contribution in [2.24, 2.45) is 4.99 Å². The van der Waals surface area contributed by atoms with Crippen LogP contribution in [0.25, 0.3) is 0 Å². The zero-order valence-corrected chi connectivity index (χ0v) is 19.3. The zero-order valence-electron chi connectivity index (χ0n) is 17.8. The summed E-state index contributed by atoms with van der Waals surface area (Å²) in [5, 5.41) is 15.5. The lowest BCUT2D eigenvalue weighted by Gasteiger charge is -2.31. The number of hydrogen-bond acceptors (Lipinski definition) is 5. The number of ether oxygens (including phenoxy) is 2. The SMILES string of the molecule is CCOc1cccc([C@H]2CC(c3ccc(OC)cc3)=N[C@@H](c3ccc(Cl)cc3Cl)N2)c1O. The van der Waals surface area contributed by atoms with Crippen molar-refractivity contribution in [3.8, 4) is 17.2 Å². The molecule has 5 nitrogen and oxygen atoms in total. The molecule has 1 heterocycles. The molecule has 4 rings (SSSR count). The van der Waals surface area contributed by atoms with Gasteiger partial charge in [0.1, 0.15) is 11.9 Å².